The molecular formula is C15H16N2O3. The largest absolute Gasteiger partial charge is 0.472 e. The van der Waals surface area contributed by atoms with Gasteiger partial charge in [-0.05, 0) is 30.7 Å². The van der Waals surface area contributed by atoms with Gasteiger partial charge in [0.15, 0.2) is 0 Å². The van der Waals surface area contributed by atoms with Crippen LogP contribution in [0.15, 0.2) is 47.3 Å². The summed E-state index contributed by atoms with van der Waals surface area (Å²) >= 11 is 0. The van der Waals surface area contributed by atoms with Gasteiger partial charge in [-0.15, -0.1) is 0 Å². The van der Waals surface area contributed by atoms with Gasteiger partial charge in [-0.25, -0.2) is 0 Å². The van der Waals surface area contributed by atoms with E-state index in [-0.39, 0.29) is 11.8 Å². The Balaban J connectivity index is 1.91. The van der Waals surface area contributed by atoms with Gasteiger partial charge in [0.05, 0.1) is 11.8 Å². The highest BCUT2D eigenvalue weighted by atomic mass is 16.3. The van der Waals surface area contributed by atoms with Crippen molar-refractivity contribution in [3.63, 3.8) is 0 Å². The average Bonchev–Trinajstić information content (AvgIpc) is 3.00. The van der Waals surface area contributed by atoms with Crippen molar-refractivity contribution in [2.75, 3.05) is 6.54 Å². The highest BCUT2D eigenvalue weighted by Crippen LogP contribution is 2.05. The minimum atomic E-state index is -0.188. The van der Waals surface area contributed by atoms with Gasteiger partial charge in [-0.3, -0.25) is 9.59 Å². The van der Waals surface area contributed by atoms with Gasteiger partial charge in [0.2, 0.25) is 0 Å². The van der Waals surface area contributed by atoms with Gasteiger partial charge in [0.25, 0.3) is 11.8 Å². The fourth-order valence-electron chi connectivity index (χ4n) is 1.71. The normalized spacial score (nSPS) is 10.1. The summed E-state index contributed by atoms with van der Waals surface area (Å²) in [7, 11) is 0. The predicted octanol–water partition coefficient (Wildman–Crippen LogP) is 1.96. The van der Waals surface area contributed by atoms with E-state index in [2.05, 4.69) is 10.6 Å². The maximum Gasteiger partial charge on any atom is 0.254 e. The molecule has 5 nitrogen and oxygen atoms in total. The Hall–Kier alpha value is -2.56. The molecule has 0 aliphatic carbocycles. The molecule has 5 heteroatoms. The molecule has 104 valence electrons. The molecule has 0 fully saturated rings. The summed E-state index contributed by atoms with van der Waals surface area (Å²) in [6.07, 6.45) is 2.85. The van der Waals surface area contributed by atoms with Crippen molar-refractivity contribution in [2.45, 2.75) is 13.5 Å². The Morgan fingerprint density at radius 3 is 2.30 bits per heavy atom. The molecule has 2 rings (SSSR count). The maximum atomic E-state index is 11.7. The Bertz CT molecular complexity index is 574. The Morgan fingerprint density at radius 2 is 1.70 bits per heavy atom. The van der Waals surface area contributed by atoms with E-state index >= 15 is 0 Å². The number of hydrogen-bond donors (Lipinski definition) is 2. The number of rotatable bonds is 5. The van der Waals surface area contributed by atoms with Crippen LogP contribution in [0.4, 0.5) is 0 Å². The van der Waals surface area contributed by atoms with Crippen molar-refractivity contribution in [1.29, 1.82) is 0 Å². The molecule has 20 heavy (non-hydrogen) atoms. The molecule has 0 spiro atoms. The van der Waals surface area contributed by atoms with Gasteiger partial charge in [0, 0.05) is 18.7 Å². The van der Waals surface area contributed by atoms with E-state index in [0.717, 1.165) is 5.56 Å². The van der Waals surface area contributed by atoms with E-state index in [1.165, 1.54) is 12.5 Å². The summed E-state index contributed by atoms with van der Waals surface area (Å²) in [5, 5.41) is 5.51. The number of nitrogens with one attached hydrogen (secondary N) is 2. The van der Waals surface area contributed by atoms with Crippen LogP contribution in [0.25, 0.3) is 0 Å². The fraction of sp³-hybridized carbons (Fsp3) is 0.200. The second kappa shape index (κ2) is 6.56. The van der Waals surface area contributed by atoms with Gasteiger partial charge in [-0.1, -0.05) is 12.1 Å². The number of carbonyl (C=O) groups is 2. The number of hydrogen-bond acceptors (Lipinski definition) is 3. The second-order valence-corrected chi connectivity index (χ2v) is 4.25. The summed E-state index contributed by atoms with van der Waals surface area (Å²) in [5.74, 6) is -0.284. The quantitative estimate of drug-likeness (QED) is 0.874. The van der Waals surface area contributed by atoms with Crippen molar-refractivity contribution < 1.29 is 14.0 Å². The molecule has 0 radical (unpaired) electrons. The van der Waals surface area contributed by atoms with Crippen LogP contribution < -0.4 is 10.6 Å². The third-order valence-electron chi connectivity index (χ3n) is 2.79. The third-order valence-corrected chi connectivity index (χ3v) is 2.79. The van der Waals surface area contributed by atoms with Crippen LogP contribution in [0.1, 0.15) is 33.2 Å². The molecule has 0 bridgehead atoms. The molecule has 2 N–H and O–H groups in total. The molecule has 1 heterocycles. The molecule has 0 unspecified atom stereocenters. The van der Waals surface area contributed by atoms with Crippen LogP contribution in [0.3, 0.4) is 0 Å². The first kappa shape index (κ1) is 13.9. The molecule has 1 aromatic heterocycles. The lowest BCUT2D eigenvalue weighted by Gasteiger charge is -2.06. The first-order valence-electron chi connectivity index (χ1n) is 6.38. The summed E-state index contributed by atoms with van der Waals surface area (Å²) in [6.45, 7) is 2.87. The summed E-state index contributed by atoms with van der Waals surface area (Å²) in [4.78, 5) is 23.3. The van der Waals surface area contributed by atoms with Gasteiger partial charge in [-0.2, -0.15) is 0 Å². The average molecular weight is 272 g/mol. The zero-order valence-electron chi connectivity index (χ0n) is 11.2. The SMILES string of the molecule is CCNC(=O)c1ccc(CNC(=O)c2ccoc2)cc1. The molecule has 0 saturated heterocycles. The standard InChI is InChI=1S/C15H16N2O3/c1-2-16-14(18)12-5-3-11(4-6-12)9-17-15(19)13-7-8-20-10-13/h3-8,10H,2,9H2,1H3,(H,16,18)(H,17,19). The Labute approximate surface area is 117 Å². The van der Waals surface area contributed by atoms with E-state index < -0.39 is 0 Å². The third kappa shape index (κ3) is 3.47. The van der Waals surface area contributed by atoms with Crippen LogP contribution in [-0.4, -0.2) is 18.4 Å². The lowest BCUT2D eigenvalue weighted by molar-refractivity contribution is 0.0943. The lowest BCUT2D eigenvalue weighted by Crippen LogP contribution is -2.23. The number of benzene rings is 1. The van der Waals surface area contributed by atoms with E-state index in [9.17, 15) is 9.59 Å². The van der Waals surface area contributed by atoms with Crippen molar-refractivity contribution in [1.82, 2.24) is 10.6 Å². The zero-order valence-corrected chi connectivity index (χ0v) is 11.2. The van der Waals surface area contributed by atoms with Crippen LogP contribution in [0.2, 0.25) is 0 Å². The number of carbonyl (C=O) groups excluding carboxylic acids is 2. The zero-order chi connectivity index (χ0) is 14.4. The Kier molecular flexibility index (Phi) is 4.55. The molecule has 2 amide bonds. The highest BCUT2D eigenvalue weighted by molar-refractivity contribution is 5.94. The summed E-state index contributed by atoms with van der Waals surface area (Å²) in [5.41, 5.74) is 2.02. The molecule has 2 aromatic rings. The smallest absolute Gasteiger partial charge is 0.254 e. The van der Waals surface area contributed by atoms with E-state index in [1.807, 2.05) is 19.1 Å². The minimum Gasteiger partial charge on any atom is -0.472 e. The van der Waals surface area contributed by atoms with Gasteiger partial charge in [0.1, 0.15) is 6.26 Å². The van der Waals surface area contributed by atoms with E-state index in [1.54, 1.807) is 18.2 Å². The second-order valence-electron chi connectivity index (χ2n) is 4.25. The first-order valence-corrected chi connectivity index (χ1v) is 6.38. The van der Waals surface area contributed by atoms with Gasteiger partial charge >= 0.3 is 0 Å². The number of amides is 2. The topological polar surface area (TPSA) is 71.3 Å². The highest BCUT2D eigenvalue weighted by Gasteiger charge is 2.07. The van der Waals surface area contributed by atoms with Crippen LogP contribution in [-0.2, 0) is 6.54 Å². The molecule has 0 aliphatic heterocycles. The summed E-state index contributed by atoms with van der Waals surface area (Å²) in [6, 6.07) is 8.72. The van der Waals surface area contributed by atoms with Crippen molar-refractivity contribution >= 4 is 11.8 Å². The minimum absolute atomic E-state index is 0.0958. The van der Waals surface area contributed by atoms with Crippen molar-refractivity contribution in [3.8, 4) is 0 Å². The predicted molar refractivity (Wildman–Crippen MR) is 74.3 cm³/mol. The van der Waals surface area contributed by atoms with Crippen LogP contribution in [0, 0.1) is 0 Å². The fourth-order valence-corrected chi connectivity index (χ4v) is 1.71. The Morgan fingerprint density at radius 1 is 1.00 bits per heavy atom. The van der Waals surface area contributed by atoms with E-state index in [4.69, 9.17) is 4.42 Å². The molecule has 1 aromatic carbocycles. The van der Waals surface area contributed by atoms with Crippen LogP contribution in [0.5, 0.6) is 0 Å². The molecule has 0 aliphatic rings. The van der Waals surface area contributed by atoms with Crippen LogP contribution >= 0.6 is 0 Å². The summed E-state index contributed by atoms with van der Waals surface area (Å²) < 4.78 is 4.85. The van der Waals surface area contributed by atoms with E-state index in [0.29, 0.717) is 24.2 Å². The molecular weight excluding hydrogens is 256 g/mol. The molecule has 0 saturated carbocycles. The molecule has 0 atom stereocenters. The van der Waals surface area contributed by atoms with Gasteiger partial charge < -0.3 is 15.1 Å². The maximum absolute atomic E-state index is 11.7. The first-order chi connectivity index (χ1) is 9.70. The lowest BCUT2D eigenvalue weighted by atomic mass is 10.1. The van der Waals surface area contributed by atoms with Crippen molar-refractivity contribution in [2.24, 2.45) is 0 Å². The van der Waals surface area contributed by atoms with Crippen molar-refractivity contribution in [3.05, 3.63) is 59.5 Å². The monoisotopic (exact) mass is 272 g/mol. The number of furan rings is 1.